The summed E-state index contributed by atoms with van der Waals surface area (Å²) >= 11 is 0. The minimum Gasteiger partial charge on any atom is -0.486 e. The Labute approximate surface area is 137 Å². The van der Waals surface area contributed by atoms with Crippen LogP contribution in [0.4, 0.5) is 0 Å². The van der Waals surface area contributed by atoms with Crippen molar-refractivity contribution < 1.29 is 14.3 Å². The van der Waals surface area contributed by atoms with E-state index in [1.54, 1.807) is 0 Å². The first-order valence-corrected chi connectivity index (χ1v) is 8.56. The highest BCUT2D eigenvalue weighted by atomic mass is 16.5. The smallest absolute Gasteiger partial charge is 0.222 e. The van der Waals surface area contributed by atoms with Gasteiger partial charge in [0, 0.05) is 32.4 Å². The van der Waals surface area contributed by atoms with Crippen LogP contribution in [-0.2, 0) is 4.79 Å². The van der Waals surface area contributed by atoms with E-state index in [1.165, 1.54) is 0 Å². The number of fused-ring (bicyclic) bond motifs is 1. The van der Waals surface area contributed by atoms with Gasteiger partial charge in [0.05, 0.1) is 12.0 Å². The fourth-order valence-electron chi connectivity index (χ4n) is 3.60. The van der Waals surface area contributed by atoms with Crippen LogP contribution in [0.1, 0.15) is 60.5 Å². The Morgan fingerprint density at radius 1 is 1.26 bits per heavy atom. The van der Waals surface area contributed by atoms with Crippen LogP contribution in [0.5, 0.6) is 5.75 Å². The van der Waals surface area contributed by atoms with Crippen molar-refractivity contribution in [3.05, 3.63) is 28.8 Å². The molecule has 124 valence electrons. The van der Waals surface area contributed by atoms with Gasteiger partial charge in [0.1, 0.15) is 11.4 Å². The monoisotopic (exact) mass is 315 g/mol. The van der Waals surface area contributed by atoms with Crippen LogP contribution in [-0.4, -0.2) is 35.3 Å². The van der Waals surface area contributed by atoms with E-state index in [0.717, 1.165) is 36.1 Å². The van der Waals surface area contributed by atoms with Gasteiger partial charge in [-0.15, -0.1) is 0 Å². The van der Waals surface area contributed by atoms with Crippen LogP contribution in [0, 0.1) is 13.8 Å². The first-order chi connectivity index (χ1) is 11.0. The quantitative estimate of drug-likeness (QED) is 0.840. The number of hydrogen-bond acceptors (Lipinski definition) is 3. The van der Waals surface area contributed by atoms with E-state index < -0.39 is 5.60 Å². The second kappa shape index (κ2) is 5.99. The highest BCUT2D eigenvalue weighted by Crippen LogP contribution is 2.41. The molecular formula is C19H25NO3. The molecule has 4 nitrogen and oxygen atoms in total. The third-order valence-corrected chi connectivity index (χ3v) is 5.27. The van der Waals surface area contributed by atoms with Crippen LogP contribution in [0.2, 0.25) is 0 Å². The second-order valence-electron chi connectivity index (χ2n) is 6.90. The van der Waals surface area contributed by atoms with Gasteiger partial charge in [0.15, 0.2) is 5.78 Å². The molecule has 0 aliphatic carbocycles. The van der Waals surface area contributed by atoms with Gasteiger partial charge < -0.3 is 9.64 Å². The van der Waals surface area contributed by atoms with Crippen molar-refractivity contribution in [2.45, 2.75) is 58.5 Å². The molecule has 1 aromatic carbocycles. The number of nitrogens with zero attached hydrogens (tertiary/aromatic N) is 1. The van der Waals surface area contributed by atoms with Crippen molar-refractivity contribution in [1.29, 1.82) is 0 Å². The highest BCUT2D eigenvalue weighted by Gasteiger charge is 2.44. The standard InChI is InChI=1S/C19H25NO3/c1-4-5-17(22)20-10-8-19(9-11-20)12-16(21)15-7-6-13(2)14(3)18(15)23-19/h6-7H,4-5,8-12H2,1-3H3. The maximum Gasteiger partial charge on any atom is 0.222 e. The number of hydrogen-bond donors (Lipinski definition) is 0. The zero-order chi connectivity index (χ0) is 16.6. The predicted molar refractivity (Wildman–Crippen MR) is 88.9 cm³/mol. The van der Waals surface area contributed by atoms with Crippen molar-refractivity contribution in [3.63, 3.8) is 0 Å². The molecule has 1 saturated heterocycles. The van der Waals surface area contributed by atoms with Gasteiger partial charge in [-0.1, -0.05) is 13.0 Å². The van der Waals surface area contributed by atoms with E-state index in [-0.39, 0.29) is 11.7 Å². The summed E-state index contributed by atoms with van der Waals surface area (Å²) in [6, 6.07) is 3.87. The average molecular weight is 315 g/mol. The summed E-state index contributed by atoms with van der Waals surface area (Å²) < 4.78 is 6.37. The van der Waals surface area contributed by atoms with Crippen molar-refractivity contribution in [2.24, 2.45) is 0 Å². The lowest BCUT2D eigenvalue weighted by Crippen LogP contribution is -2.52. The molecule has 1 spiro atoms. The van der Waals surface area contributed by atoms with Gasteiger partial charge in [-0.3, -0.25) is 9.59 Å². The Hall–Kier alpha value is -1.84. The van der Waals surface area contributed by atoms with Gasteiger partial charge in [-0.05, 0) is 37.5 Å². The number of ether oxygens (including phenoxy) is 1. The second-order valence-corrected chi connectivity index (χ2v) is 6.90. The van der Waals surface area contributed by atoms with Crippen molar-refractivity contribution in [1.82, 2.24) is 4.90 Å². The summed E-state index contributed by atoms with van der Waals surface area (Å²) in [5, 5.41) is 0. The summed E-state index contributed by atoms with van der Waals surface area (Å²) in [6.07, 6.45) is 3.38. The molecule has 1 fully saturated rings. The maximum atomic E-state index is 12.6. The van der Waals surface area contributed by atoms with Gasteiger partial charge in [-0.2, -0.15) is 0 Å². The minimum absolute atomic E-state index is 0.169. The topological polar surface area (TPSA) is 46.6 Å². The summed E-state index contributed by atoms with van der Waals surface area (Å²) in [6.45, 7) is 7.45. The normalized spacial score (nSPS) is 19.4. The molecule has 0 unspecified atom stereocenters. The molecule has 0 N–H and O–H groups in total. The van der Waals surface area contributed by atoms with Crippen LogP contribution in [0.25, 0.3) is 0 Å². The van der Waals surface area contributed by atoms with E-state index in [0.29, 0.717) is 31.5 Å². The molecule has 1 amide bonds. The summed E-state index contributed by atoms with van der Waals surface area (Å²) in [5.74, 6) is 1.15. The molecule has 0 saturated carbocycles. The lowest BCUT2D eigenvalue weighted by Gasteiger charge is -2.44. The Balaban J connectivity index is 1.80. The number of amides is 1. The van der Waals surface area contributed by atoms with Crippen molar-refractivity contribution in [2.75, 3.05) is 13.1 Å². The maximum absolute atomic E-state index is 12.6. The van der Waals surface area contributed by atoms with Crippen molar-refractivity contribution in [3.8, 4) is 5.75 Å². The van der Waals surface area contributed by atoms with E-state index in [1.807, 2.05) is 37.8 Å². The van der Waals surface area contributed by atoms with E-state index in [2.05, 4.69) is 0 Å². The van der Waals surface area contributed by atoms with Gasteiger partial charge >= 0.3 is 0 Å². The zero-order valence-corrected chi connectivity index (χ0v) is 14.3. The zero-order valence-electron chi connectivity index (χ0n) is 14.3. The van der Waals surface area contributed by atoms with Crippen molar-refractivity contribution >= 4 is 11.7 Å². The third kappa shape index (κ3) is 2.87. The number of Topliss-reactive ketones (excluding diaryl/α,β-unsaturated/α-hetero) is 1. The molecule has 2 aliphatic rings. The van der Waals surface area contributed by atoms with Gasteiger partial charge in [-0.25, -0.2) is 0 Å². The third-order valence-electron chi connectivity index (χ3n) is 5.27. The number of rotatable bonds is 2. The molecule has 0 atom stereocenters. The Kier molecular flexibility index (Phi) is 4.17. The highest BCUT2D eigenvalue weighted by molar-refractivity contribution is 6.01. The summed E-state index contributed by atoms with van der Waals surface area (Å²) in [4.78, 5) is 26.5. The fourth-order valence-corrected chi connectivity index (χ4v) is 3.60. The average Bonchev–Trinajstić information content (AvgIpc) is 2.52. The predicted octanol–water partition coefficient (Wildman–Crippen LogP) is 3.43. The number of carbonyl (C=O) groups excluding carboxylic acids is 2. The molecular weight excluding hydrogens is 290 g/mol. The summed E-state index contributed by atoms with van der Waals surface area (Å²) in [5.41, 5.74) is 2.48. The Bertz CT molecular complexity index is 642. The number of carbonyl (C=O) groups is 2. The lowest BCUT2D eigenvalue weighted by molar-refractivity contribution is -0.134. The molecule has 2 aliphatic heterocycles. The molecule has 0 radical (unpaired) electrons. The first kappa shape index (κ1) is 16.0. The Morgan fingerprint density at radius 2 is 1.96 bits per heavy atom. The molecule has 2 heterocycles. The fraction of sp³-hybridized carbons (Fsp3) is 0.579. The molecule has 1 aromatic rings. The van der Waals surface area contributed by atoms with Gasteiger partial charge in [0.2, 0.25) is 5.91 Å². The lowest BCUT2D eigenvalue weighted by atomic mass is 9.81. The SMILES string of the molecule is CCCC(=O)N1CCC2(CC1)CC(=O)c1ccc(C)c(C)c1O2. The summed E-state index contributed by atoms with van der Waals surface area (Å²) in [7, 11) is 0. The number of aryl methyl sites for hydroxylation is 1. The van der Waals surface area contributed by atoms with Gasteiger partial charge in [0.25, 0.3) is 0 Å². The van der Waals surface area contributed by atoms with Crippen LogP contribution in [0.15, 0.2) is 12.1 Å². The van der Waals surface area contributed by atoms with Crippen LogP contribution < -0.4 is 4.74 Å². The first-order valence-electron chi connectivity index (χ1n) is 8.56. The Morgan fingerprint density at radius 3 is 2.61 bits per heavy atom. The molecule has 3 rings (SSSR count). The molecule has 23 heavy (non-hydrogen) atoms. The van der Waals surface area contributed by atoms with E-state index in [4.69, 9.17) is 4.74 Å². The minimum atomic E-state index is -0.425. The number of ketones is 1. The molecule has 0 bridgehead atoms. The van der Waals surface area contributed by atoms with Crippen LogP contribution in [0.3, 0.4) is 0 Å². The molecule has 0 aromatic heterocycles. The number of benzene rings is 1. The number of piperidine rings is 1. The largest absolute Gasteiger partial charge is 0.486 e. The number of likely N-dealkylation sites (tertiary alicyclic amines) is 1. The van der Waals surface area contributed by atoms with Crippen LogP contribution >= 0.6 is 0 Å². The van der Waals surface area contributed by atoms with E-state index >= 15 is 0 Å². The van der Waals surface area contributed by atoms with E-state index in [9.17, 15) is 9.59 Å². The molecule has 4 heteroatoms.